The number of fused-ring (bicyclic) bond motifs is 2. The fraction of sp³-hybridized carbons (Fsp3) is 0.412. The molecule has 1 fully saturated rings. The monoisotopic (exact) mass is 299 g/mol. The first-order valence-electron chi connectivity index (χ1n) is 7.66. The van der Waals surface area contributed by atoms with Gasteiger partial charge in [-0.05, 0) is 30.8 Å². The summed E-state index contributed by atoms with van der Waals surface area (Å²) in [6.45, 7) is 5.73. The molecular formula is C17H21N3S. The SMILES string of the molecule is CN1CCN([C@@H]2Cn3cccc3Sc3ccccc32)CC1. The minimum Gasteiger partial charge on any atom is -0.341 e. The van der Waals surface area contributed by atoms with Crippen molar-refractivity contribution in [3.05, 3.63) is 48.2 Å². The first kappa shape index (κ1) is 13.4. The van der Waals surface area contributed by atoms with Crippen LogP contribution >= 0.6 is 11.8 Å². The van der Waals surface area contributed by atoms with E-state index >= 15 is 0 Å². The molecule has 21 heavy (non-hydrogen) atoms. The van der Waals surface area contributed by atoms with Crippen molar-refractivity contribution in [2.75, 3.05) is 33.2 Å². The first-order valence-corrected chi connectivity index (χ1v) is 8.47. The molecule has 2 aromatic rings. The van der Waals surface area contributed by atoms with Crippen molar-refractivity contribution < 1.29 is 0 Å². The Balaban J connectivity index is 1.72. The van der Waals surface area contributed by atoms with Crippen LogP contribution in [0, 0.1) is 0 Å². The van der Waals surface area contributed by atoms with Crippen LogP contribution in [-0.2, 0) is 6.54 Å². The lowest BCUT2D eigenvalue weighted by atomic mass is 10.0. The Morgan fingerprint density at radius 2 is 1.81 bits per heavy atom. The van der Waals surface area contributed by atoms with Crippen LogP contribution in [0.1, 0.15) is 11.6 Å². The van der Waals surface area contributed by atoms with Crippen LogP contribution in [-0.4, -0.2) is 47.6 Å². The van der Waals surface area contributed by atoms with Crippen LogP contribution in [0.5, 0.6) is 0 Å². The average Bonchev–Trinajstić information content (AvgIpc) is 2.88. The van der Waals surface area contributed by atoms with E-state index in [-0.39, 0.29) is 0 Å². The molecule has 3 nitrogen and oxygen atoms in total. The van der Waals surface area contributed by atoms with Gasteiger partial charge in [0.1, 0.15) is 0 Å². The van der Waals surface area contributed by atoms with Crippen molar-refractivity contribution in [3.8, 4) is 0 Å². The molecule has 0 aliphatic carbocycles. The Bertz CT molecular complexity index is 628. The third-order valence-corrected chi connectivity index (χ3v) is 5.80. The van der Waals surface area contributed by atoms with E-state index in [4.69, 9.17) is 0 Å². The van der Waals surface area contributed by atoms with Gasteiger partial charge in [-0.1, -0.05) is 30.0 Å². The minimum atomic E-state index is 0.496. The number of rotatable bonds is 1. The van der Waals surface area contributed by atoms with Crippen LogP contribution in [0.15, 0.2) is 52.5 Å². The summed E-state index contributed by atoms with van der Waals surface area (Å²) in [7, 11) is 2.22. The number of aromatic nitrogens is 1. The van der Waals surface area contributed by atoms with Gasteiger partial charge < -0.3 is 9.47 Å². The second kappa shape index (κ2) is 5.52. The third-order valence-electron chi connectivity index (χ3n) is 4.63. The number of nitrogens with zero attached hydrogens (tertiary/aromatic N) is 3. The lowest BCUT2D eigenvalue weighted by Crippen LogP contribution is -2.46. The maximum Gasteiger partial charge on any atom is 0.0797 e. The molecule has 4 heteroatoms. The maximum atomic E-state index is 2.66. The Kier molecular flexibility index (Phi) is 3.53. The van der Waals surface area contributed by atoms with Gasteiger partial charge in [-0.25, -0.2) is 0 Å². The average molecular weight is 299 g/mol. The van der Waals surface area contributed by atoms with Crippen LogP contribution < -0.4 is 0 Å². The largest absolute Gasteiger partial charge is 0.341 e. The molecule has 3 heterocycles. The van der Waals surface area contributed by atoms with Gasteiger partial charge in [0.2, 0.25) is 0 Å². The number of piperazine rings is 1. The van der Waals surface area contributed by atoms with Gasteiger partial charge in [0, 0.05) is 43.8 Å². The van der Waals surface area contributed by atoms with Gasteiger partial charge in [0.05, 0.1) is 11.1 Å². The lowest BCUT2D eigenvalue weighted by molar-refractivity contribution is 0.100. The molecule has 0 bridgehead atoms. The van der Waals surface area contributed by atoms with E-state index in [1.54, 1.807) is 0 Å². The van der Waals surface area contributed by atoms with Crippen molar-refractivity contribution in [1.29, 1.82) is 0 Å². The summed E-state index contributed by atoms with van der Waals surface area (Å²) in [6, 6.07) is 13.8. The van der Waals surface area contributed by atoms with E-state index in [1.807, 2.05) is 11.8 Å². The molecule has 0 saturated carbocycles. The zero-order valence-corrected chi connectivity index (χ0v) is 13.2. The lowest BCUT2D eigenvalue weighted by Gasteiger charge is -2.38. The van der Waals surface area contributed by atoms with Crippen LogP contribution in [0.3, 0.4) is 0 Å². The minimum absolute atomic E-state index is 0.496. The Morgan fingerprint density at radius 1 is 1.00 bits per heavy atom. The highest BCUT2D eigenvalue weighted by Gasteiger charge is 2.28. The number of hydrogen-bond acceptors (Lipinski definition) is 3. The Hall–Kier alpha value is -1.23. The van der Waals surface area contributed by atoms with E-state index in [9.17, 15) is 0 Å². The van der Waals surface area contributed by atoms with Gasteiger partial charge >= 0.3 is 0 Å². The molecule has 0 spiro atoms. The summed E-state index contributed by atoms with van der Waals surface area (Å²) in [5.74, 6) is 0. The van der Waals surface area contributed by atoms with Crippen molar-refractivity contribution in [2.45, 2.75) is 22.5 Å². The van der Waals surface area contributed by atoms with Gasteiger partial charge in [-0.15, -0.1) is 0 Å². The quantitative estimate of drug-likeness (QED) is 0.803. The standard InChI is InChI=1S/C17H21N3S/c1-18-9-11-19(12-10-18)15-13-20-8-4-7-17(20)21-16-6-3-2-5-14(15)16/h2-8,15H,9-13H2,1H3/t15-/m1/s1. The molecule has 110 valence electrons. The van der Waals surface area contributed by atoms with Crippen LogP contribution in [0.25, 0.3) is 0 Å². The highest BCUT2D eigenvalue weighted by molar-refractivity contribution is 7.99. The van der Waals surface area contributed by atoms with Crippen molar-refractivity contribution in [3.63, 3.8) is 0 Å². The van der Waals surface area contributed by atoms with Crippen molar-refractivity contribution in [2.24, 2.45) is 0 Å². The molecule has 0 unspecified atom stereocenters. The van der Waals surface area contributed by atoms with Crippen LogP contribution in [0.2, 0.25) is 0 Å². The summed E-state index contributed by atoms with van der Waals surface area (Å²) in [5.41, 5.74) is 1.50. The smallest absolute Gasteiger partial charge is 0.0797 e. The van der Waals surface area contributed by atoms with Gasteiger partial charge in [-0.3, -0.25) is 4.90 Å². The van der Waals surface area contributed by atoms with Crippen molar-refractivity contribution in [1.82, 2.24) is 14.4 Å². The molecule has 0 amide bonds. The molecule has 2 aliphatic rings. The molecule has 1 saturated heterocycles. The number of likely N-dealkylation sites (N-methyl/N-ethyl adjacent to an activating group) is 1. The highest BCUT2D eigenvalue weighted by atomic mass is 32.2. The van der Waals surface area contributed by atoms with Gasteiger partial charge in [0.25, 0.3) is 0 Å². The highest BCUT2D eigenvalue weighted by Crippen LogP contribution is 2.40. The second-order valence-corrected chi connectivity index (χ2v) is 7.06. The molecule has 1 aromatic carbocycles. The Morgan fingerprint density at radius 3 is 2.67 bits per heavy atom. The first-order chi connectivity index (χ1) is 10.3. The summed E-state index contributed by atoms with van der Waals surface area (Å²) in [4.78, 5) is 6.50. The summed E-state index contributed by atoms with van der Waals surface area (Å²) < 4.78 is 2.41. The van der Waals surface area contributed by atoms with E-state index in [2.05, 4.69) is 64.0 Å². The molecule has 1 aromatic heterocycles. The van der Waals surface area contributed by atoms with Crippen molar-refractivity contribution >= 4 is 11.8 Å². The fourth-order valence-corrected chi connectivity index (χ4v) is 4.43. The number of benzene rings is 1. The molecule has 1 atom stereocenters. The summed E-state index contributed by atoms with van der Waals surface area (Å²) in [6.07, 6.45) is 2.22. The normalized spacial score (nSPS) is 23.4. The Labute approximate surface area is 130 Å². The predicted molar refractivity (Wildman–Crippen MR) is 86.8 cm³/mol. The molecule has 0 radical (unpaired) electrons. The zero-order valence-electron chi connectivity index (χ0n) is 12.4. The topological polar surface area (TPSA) is 11.4 Å². The predicted octanol–water partition coefficient (Wildman–Crippen LogP) is 2.94. The maximum absolute atomic E-state index is 2.66. The summed E-state index contributed by atoms with van der Waals surface area (Å²) >= 11 is 1.90. The second-order valence-electron chi connectivity index (χ2n) is 5.99. The van der Waals surface area contributed by atoms with Gasteiger partial charge in [0.15, 0.2) is 0 Å². The molecule has 4 rings (SSSR count). The van der Waals surface area contributed by atoms with E-state index in [0.29, 0.717) is 6.04 Å². The van der Waals surface area contributed by atoms with Gasteiger partial charge in [-0.2, -0.15) is 0 Å². The van der Waals surface area contributed by atoms with E-state index in [1.165, 1.54) is 28.6 Å². The number of hydrogen-bond donors (Lipinski definition) is 0. The summed E-state index contributed by atoms with van der Waals surface area (Å²) in [5, 5.41) is 1.36. The van der Waals surface area contributed by atoms with Crippen LogP contribution in [0.4, 0.5) is 0 Å². The third kappa shape index (κ3) is 2.52. The molecule has 0 N–H and O–H groups in total. The van der Waals surface area contributed by atoms with E-state index < -0.39 is 0 Å². The molecular weight excluding hydrogens is 278 g/mol. The van der Waals surface area contributed by atoms with E-state index in [0.717, 1.165) is 19.6 Å². The fourth-order valence-electron chi connectivity index (χ4n) is 3.33. The molecule has 2 aliphatic heterocycles. The zero-order chi connectivity index (χ0) is 14.2.